The van der Waals surface area contributed by atoms with Crippen molar-refractivity contribution >= 4 is 28.6 Å². The van der Waals surface area contributed by atoms with E-state index in [0.717, 1.165) is 6.42 Å². The zero-order valence-electron chi connectivity index (χ0n) is 25.4. The normalized spacial score (nSPS) is 48.3. The number of alkyl halides is 1. The Bertz CT molecular complexity index is 800. The van der Waals surface area contributed by atoms with Gasteiger partial charge in [0.25, 0.3) is 0 Å². The number of aliphatic hydroxyl groups excluding tert-OH is 2. The molecule has 0 aliphatic carbocycles. The van der Waals surface area contributed by atoms with E-state index in [0.29, 0.717) is 19.4 Å². The largest absolute Gasteiger partial charge is 0.448 e. The predicted octanol–water partition coefficient (Wildman–Crippen LogP) is 1.99. The second-order valence-corrected chi connectivity index (χ2v) is 14.1. The van der Waals surface area contributed by atoms with Crippen LogP contribution in [0.15, 0.2) is 0 Å². The van der Waals surface area contributed by atoms with Gasteiger partial charge in [0.15, 0.2) is 10.4 Å². The molecule has 0 spiro atoms. The minimum absolute atomic E-state index is 0.0309. The van der Waals surface area contributed by atoms with E-state index in [9.17, 15) is 25.2 Å². The van der Waals surface area contributed by atoms with Gasteiger partial charge in [-0.1, -0.05) is 13.8 Å². The number of esters is 1. The van der Waals surface area contributed by atoms with Crippen molar-refractivity contribution in [2.45, 2.75) is 126 Å². The molecule has 2 aliphatic rings. The van der Waals surface area contributed by atoms with Crippen molar-refractivity contribution in [1.82, 2.24) is 9.80 Å². The van der Waals surface area contributed by atoms with Gasteiger partial charge in [0.2, 0.25) is 0 Å². The molecule has 13 atom stereocenters. The maximum atomic E-state index is 13.1. The monoisotopic (exact) mass is 672 g/mol. The number of carbonyl (C=O) groups excluding carboxylic acids is 1. The van der Waals surface area contributed by atoms with Crippen LogP contribution < -0.4 is 0 Å². The highest BCUT2D eigenvalue weighted by Crippen LogP contribution is 2.36. The van der Waals surface area contributed by atoms with Crippen LogP contribution in [0.3, 0.4) is 0 Å². The van der Waals surface area contributed by atoms with Crippen LogP contribution in [0.2, 0.25) is 0 Å². The lowest BCUT2D eigenvalue weighted by atomic mass is 9.78. The minimum Gasteiger partial charge on any atom is -0.448 e. The molecule has 0 unspecified atom stereocenters. The van der Waals surface area contributed by atoms with Crippen molar-refractivity contribution in [2.24, 2.45) is 17.8 Å². The summed E-state index contributed by atoms with van der Waals surface area (Å²) in [5.41, 5.74) is -3.11. The number of aliphatic hydroxyl groups is 4. The average molecular weight is 673 g/mol. The lowest BCUT2D eigenvalue weighted by molar-refractivity contribution is -0.267. The first-order valence-electron chi connectivity index (χ1n) is 14.1. The number of carbonyl (C=O) groups is 1. The minimum atomic E-state index is -1.74. The summed E-state index contributed by atoms with van der Waals surface area (Å²) in [6.07, 6.45) is -2.08. The molecule has 2 rings (SSSR count). The molecule has 0 saturated carbocycles. The Morgan fingerprint density at radius 1 is 1.08 bits per heavy atom. The summed E-state index contributed by atoms with van der Waals surface area (Å²) in [7, 11) is 5.89. The van der Waals surface area contributed by atoms with E-state index in [1.54, 1.807) is 27.7 Å². The van der Waals surface area contributed by atoms with Crippen LogP contribution in [0.1, 0.15) is 67.7 Å². The molecule has 0 aromatic heterocycles. The molecule has 2 aliphatic heterocycles. The first kappa shape index (κ1) is 35.1. The Balaban J connectivity index is 2.45. The number of halogens is 1. The smallest absolute Gasteiger partial charge is 0.312 e. The molecular weight excluding hydrogens is 619 g/mol. The first-order chi connectivity index (χ1) is 17.8. The Hall–Kier alpha value is -0.120. The van der Waals surface area contributed by atoms with Gasteiger partial charge in [0.05, 0.1) is 29.8 Å². The van der Waals surface area contributed by atoms with Crippen LogP contribution in [0, 0.1) is 17.8 Å². The number of hydrogen-bond acceptors (Lipinski definition) is 10. The van der Waals surface area contributed by atoms with Crippen LogP contribution in [0.25, 0.3) is 0 Å². The Kier molecular flexibility index (Phi) is 12.5. The summed E-state index contributed by atoms with van der Waals surface area (Å²) in [5, 5.41) is 45.4. The Labute approximate surface area is 248 Å². The van der Waals surface area contributed by atoms with Gasteiger partial charge in [0, 0.05) is 31.0 Å². The molecule has 2 heterocycles. The van der Waals surface area contributed by atoms with E-state index in [1.807, 2.05) is 62.5 Å². The number of cyclic esters (lactones) is 1. The quantitative estimate of drug-likeness (QED) is 0.201. The SMILES string of the molecule is C[C@H]1CN(C)[C@H](C)[C@@H](O)[C@](C)(O)[C@@H](I)OC(=O)[C@H](C)[C@@H](O)[C@H](C)[C@@H](O[C@H]2C[C@@H](N(C)C)C[C@@H](C)O2)[C@](C)(O)C1. The zero-order chi connectivity index (χ0) is 30.0. The number of hydrogen-bond donors (Lipinski definition) is 4. The molecule has 10 nitrogen and oxygen atoms in total. The van der Waals surface area contributed by atoms with Gasteiger partial charge in [-0.2, -0.15) is 0 Å². The third kappa shape index (κ3) is 8.70. The van der Waals surface area contributed by atoms with Crippen molar-refractivity contribution in [2.75, 3.05) is 27.7 Å². The second kappa shape index (κ2) is 13.9. The van der Waals surface area contributed by atoms with Crippen LogP contribution in [-0.2, 0) is 19.0 Å². The van der Waals surface area contributed by atoms with Crippen LogP contribution in [0.5, 0.6) is 0 Å². The van der Waals surface area contributed by atoms with Gasteiger partial charge in [-0.25, -0.2) is 0 Å². The molecule has 39 heavy (non-hydrogen) atoms. The number of rotatable bonds is 3. The van der Waals surface area contributed by atoms with Crippen molar-refractivity contribution in [3.05, 3.63) is 0 Å². The van der Waals surface area contributed by atoms with Gasteiger partial charge in [0.1, 0.15) is 11.7 Å². The van der Waals surface area contributed by atoms with E-state index in [1.165, 1.54) is 6.92 Å². The topological polar surface area (TPSA) is 132 Å². The third-order valence-corrected chi connectivity index (χ3v) is 10.3. The summed E-state index contributed by atoms with van der Waals surface area (Å²) in [5.74, 6) is -2.37. The summed E-state index contributed by atoms with van der Waals surface area (Å²) in [4.78, 5) is 17.2. The van der Waals surface area contributed by atoms with E-state index in [-0.39, 0.29) is 18.1 Å². The fourth-order valence-corrected chi connectivity index (χ4v) is 6.71. The molecule has 230 valence electrons. The number of nitrogens with zero attached hydrogens (tertiary/aromatic N) is 2. The summed E-state index contributed by atoms with van der Waals surface area (Å²) < 4.78 is 17.1. The van der Waals surface area contributed by atoms with Crippen molar-refractivity contribution in [3.8, 4) is 0 Å². The highest BCUT2D eigenvalue weighted by molar-refractivity contribution is 14.1. The third-order valence-electron chi connectivity index (χ3n) is 8.79. The zero-order valence-corrected chi connectivity index (χ0v) is 27.5. The Morgan fingerprint density at radius 3 is 2.23 bits per heavy atom. The van der Waals surface area contributed by atoms with Crippen LogP contribution >= 0.6 is 22.6 Å². The maximum absolute atomic E-state index is 13.1. The highest BCUT2D eigenvalue weighted by atomic mass is 127. The molecular formula is C28H53IN2O8. The van der Waals surface area contributed by atoms with Crippen molar-refractivity contribution < 1.29 is 39.4 Å². The molecule has 0 bridgehead atoms. The van der Waals surface area contributed by atoms with Crippen molar-refractivity contribution in [3.63, 3.8) is 0 Å². The van der Waals surface area contributed by atoms with Gasteiger partial charge in [-0.3, -0.25) is 4.79 Å². The molecule has 11 heteroatoms. The van der Waals surface area contributed by atoms with Gasteiger partial charge in [-0.15, -0.1) is 0 Å². The molecule has 0 aromatic rings. The van der Waals surface area contributed by atoms with E-state index in [2.05, 4.69) is 4.90 Å². The van der Waals surface area contributed by atoms with Crippen LogP contribution in [-0.4, -0.2) is 122 Å². The standard InChI is InChI=1S/C28H53IN2O8/c1-15-13-27(6,35)24(38-21-12-20(30(8)9)11-16(2)37-21)17(3)22(32)18(4)25(34)39-26(29)28(7,36)23(33)19(5)31(10)14-15/h15-24,26,32-33,35-36H,11-14H2,1-10H3/t15-,16-,17+,18-,19-,20+,21+,22+,23-,24-,26+,27-,28+/m1/s1. The van der Waals surface area contributed by atoms with E-state index in [4.69, 9.17) is 14.2 Å². The highest BCUT2D eigenvalue weighted by Gasteiger charge is 2.48. The fraction of sp³-hybridized carbons (Fsp3) is 0.964. The number of likely N-dealkylation sites (N-methyl/N-ethyl adjacent to an activating group) is 1. The lowest BCUT2D eigenvalue weighted by Crippen LogP contribution is -2.57. The van der Waals surface area contributed by atoms with E-state index >= 15 is 0 Å². The number of ether oxygens (including phenoxy) is 3. The molecule has 0 aromatic carbocycles. The van der Waals surface area contributed by atoms with Crippen LogP contribution in [0.4, 0.5) is 0 Å². The molecule has 0 radical (unpaired) electrons. The molecule has 2 saturated heterocycles. The van der Waals surface area contributed by atoms with E-state index < -0.39 is 63.8 Å². The van der Waals surface area contributed by atoms with Crippen molar-refractivity contribution in [1.29, 1.82) is 0 Å². The summed E-state index contributed by atoms with van der Waals surface area (Å²) in [6, 6.07) is -0.225. The first-order valence-corrected chi connectivity index (χ1v) is 15.4. The average Bonchev–Trinajstić information content (AvgIpc) is 2.83. The predicted molar refractivity (Wildman–Crippen MR) is 157 cm³/mol. The van der Waals surface area contributed by atoms with Gasteiger partial charge < -0.3 is 44.4 Å². The molecule has 2 fully saturated rings. The second-order valence-electron chi connectivity index (χ2n) is 12.9. The molecule has 4 N–H and O–H groups in total. The summed E-state index contributed by atoms with van der Waals surface area (Å²) >= 11 is 1.81. The molecule has 0 amide bonds. The Morgan fingerprint density at radius 2 is 1.67 bits per heavy atom. The van der Waals surface area contributed by atoms with Gasteiger partial charge in [-0.05, 0) is 97.1 Å². The van der Waals surface area contributed by atoms with Gasteiger partial charge >= 0.3 is 5.97 Å². The lowest BCUT2D eigenvalue weighted by Gasteiger charge is -2.45. The summed E-state index contributed by atoms with van der Waals surface area (Å²) in [6.45, 7) is 12.8. The fourth-order valence-electron chi connectivity index (χ4n) is 6.09. The maximum Gasteiger partial charge on any atom is 0.312 e.